The van der Waals surface area contributed by atoms with Gasteiger partial charge in [0.15, 0.2) is 10.4 Å². The molecule has 1 saturated carbocycles. The first-order valence-corrected chi connectivity index (χ1v) is 7.79. The van der Waals surface area contributed by atoms with Crippen molar-refractivity contribution < 1.29 is 9.21 Å². The van der Waals surface area contributed by atoms with E-state index in [1.54, 1.807) is 12.1 Å². The lowest BCUT2D eigenvalue weighted by atomic mass is 9.79. The Morgan fingerprint density at radius 1 is 1.32 bits per heavy atom. The minimum atomic E-state index is 0.00680. The molecular formula is C14H19BrN2O2. The first-order chi connectivity index (χ1) is 9.21. The smallest absolute Gasteiger partial charge is 0.290 e. The van der Waals surface area contributed by atoms with Crippen LogP contribution >= 0.6 is 15.9 Å². The molecule has 2 fully saturated rings. The SMILES string of the molecule is O=C(c1ccc(Br)o1)N1CCNCC12CCCCC2. The van der Waals surface area contributed by atoms with Crippen LogP contribution < -0.4 is 5.32 Å². The number of hydrogen-bond donors (Lipinski definition) is 1. The second-order valence-corrected chi connectivity index (χ2v) is 6.30. The fraction of sp³-hybridized carbons (Fsp3) is 0.643. The van der Waals surface area contributed by atoms with Crippen LogP contribution in [-0.2, 0) is 0 Å². The zero-order chi connectivity index (χ0) is 13.3. The predicted octanol–water partition coefficient (Wildman–Crippen LogP) is 2.79. The highest BCUT2D eigenvalue weighted by molar-refractivity contribution is 9.10. The third kappa shape index (κ3) is 2.46. The number of hydrogen-bond acceptors (Lipinski definition) is 3. The minimum absolute atomic E-state index is 0.00680. The Morgan fingerprint density at radius 3 is 2.79 bits per heavy atom. The fourth-order valence-corrected chi connectivity index (χ4v) is 3.69. The molecule has 0 atom stereocenters. The summed E-state index contributed by atoms with van der Waals surface area (Å²) in [6, 6.07) is 3.54. The molecular weight excluding hydrogens is 308 g/mol. The van der Waals surface area contributed by atoms with E-state index in [0.29, 0.717) is 10.4 Å². The molecule has 1 N–H and O–H groups in total. The van der Waals surface area contributed by atoms with Gasteiger partial charge in [-0.2, -0.15) is 0 Å². The molecule has 0 bridgehead atoms. The van der Waals surface area contributed by atoms with Crippen molar-refractivity contribution in [3.63, 3.8) is 0 Å². The lowest BCUT2D eigenvalue weighted by Gasteiger charge is -2.49. The highest BCUT2D eigenvalue weighted by atomic mass is 79.9. The van der Waals surface area contributed by atoms with Crippen molar-refractivity contribution >= 4 is 21.8 Å². The summed E-state index contributed by atoms with van der Waals surface area (Å²) in [7, 11) is 0. The molecule has 1 saturated heterocycles. The van der Waals surface area contributed by atoms with Crippen LogP contribution in [0.5, 0.6) is 0 Å². The van der Waals surface area contributed by atoms with Crippen LogP contribution in [0.25, 0.3) is 0 Å². The third-order valence-corrected chi connectivity index (χ3v) is 4.78. The molecule has 2 aliphatic rings. The van der Waals surface area contributed by atoms with Gasteiger partial charge >= 0.3 is 0 Å². The van der Waals surface area contributed by atoms with Gasteiger partial charge in [-0.15, -0.1) is 0 Å². The van der Waals surface area contributed by atoms with Gasteiger partial charge in [0.25, 0.3) is 5.91 Å². The van der Waals surface area contributed by atoms with E-state index in [4.69, 9.17) is 4.42 Å². The van der Waals surface area contributed by atoms with Crippen molar-refractivity contribution in [1.29, 1.82) is 0 Å². The highest BCUT2D eigenvalue weighted by Crippen LogP contribution is 2.35. The van der Waals surface area contributed by atoms with Gasteiger partial charge in [0.05, 0.1) is 5.54 Å². The number of rotatable bonds is 1. The molecule has 1 aromatic rings. The molecule has 104 valence electrons. The Labute approximate surface area is 121 Å². The molecule has 5 heteroatoms. The summed E-state index contributed by atoms with van der Waals surface area (Å²) in [5.74, 6) is 0.479. The molecule has 3 rings (SSSR count). The quantitative estimate of drug-likeness (QED) is 0.863. The predicted molar refractivity (Wildman–Crippen MR) is 76.1 cm³/mol. The maximum absolute atomic E-state index is 12.7. The molecule has 2 heterocycles. The molecule has 0 radical (unpaired) electrons. The van der Waals surface area contributed by atoms with E-state index in [-0.39, 0.29) is 11.4 Å². The van der Waals surface area contributed by atoms with Crippen LogP contribution in [0, 0.1) is 0 Å². The van der Waals surface area contributed by atoms with Crippen molar-refractivity contribution in [2.24, 2.45) is 0 Å². The van der Waals surface area contributed by atoms with E-state index in [1.165, 1.54) is 19.3 Å². The van der Waals surface area contributed by atoms with Crippen molar-refractivity contribution in [1.82, 2.24) is 10.2 Å². The van der Waals surface area contributed by atoms with Gasteiger partial charge in [0.1, 0.15) is 0 Å². The van der Waals surface area contributed by atoms with Crippen molar-refractivity contribution in [2.45, 2.75) is 37.6 Å². The number of nitrogens with zero attached hydrogens (tertiary/aromatic N) is 1. The maximum atomic E-state index is 12.7. The Morgan fingerprint density at radius 2 is 2.11 bits per heavy atom. The monoisotopic (exact) mass is 326 g/mol. The van der Waals surface area contributed by atoms with Crippen LogP contribution in [0.1, 0.15) is 42.7 Å². The number of piperazine rings is 1. The summed E-state index contributed by atoms with van der Waals surface area (Å²) in [5, 5.41) is 3.45. The molecule has 0 unspecified atom stereocenters. The fourth-order valence-electron chi connectivity index (χ4n) is 3.38. The van der Waals surface area contributed by atoms with Crippen LogP contribution in [0.3, 0.4) is 0 Å². The summed E-state index contributed by atoms with van der Waals surface area (Å²) < 4.78 is 6.05. The van der Waals surface area contributed by atoms with Crippen LogP contribution in [0.4, 0.5) is 0 Å². The average molecular weight is 327 g/mol. The topological polar surface area (TPSA) is 45.5 Å². The normalized spacial score (nSPS) is 22.7. The first-order valence-electron chi connectivity index (χ1n) is 6.99. The highest BCUT2D eigenvalue weighted by Gasteiger charge is 2.43. The van der Waals surface area contributed by atoms with Crippen molar-refractivity contribution in [3.05, 3.63) is 22.6 Å². The summed E-state index contributed by atoms with van der Waals surface area (Å²) in [6.45, 7) is 2.56. The first kappa shape index (κ1) is 13.2. The number of amides is 1. The third-order valence-electron chi connectivity index (χ3n) is 4.35. The number of halogens is 1. The Hall–Kier alpha value is -0.810. The number of carbonyl (C=O) groups excluding carboxylic acids is 1. The summed E-state index contributed by atoms with van der Waals surface area (Å²) in [5.41, 5.74) is 0.00680. The summed E-state index contributed by atoms with van der Waals surface area (Å²) in [6.07, 6.45) is 5.93. The molecule has 1 aliphatic heterocycles. The molecule has 1 amide bonds. The zero-order valence-electron chi connectivity index (χ0n) is 11.0. The van der Waals surface area contributed by atoms with Gasteiger partial charge in [-0.05, 0) is 40.9 Å². The van der Waals surface area contributed by atoms with E-state index in [2.05, 4.69) is 21.2 Å². The maximum Gasteiger partial charge on any atom is 0.290 e. The second kappa shape index (κ2) is 5.29. The van der Waals surface area contributed by atoms with Gasteiger partial charge < -0.3 is 14.6 Å². The van der Waals surface area contributed by atoms with Gasteiger partial charge in [-0.3, -0.25) is 4.79 Å². The molecule has 19 heavy (non-hydrogen) atoms. The molecule has 4 nitrogen and oxygen atoms in total. The molecule has 1 aliphatic carbocycles. The van der Waals surface area contributed by atoms with Crippen LogP contribution in [0.15, 0.2) is 21.2 Å². The lowest BCUT2D eigenvalue weighted by molar-refractivity contribution is 0.0195. The van der Waals surface area contributed by atoms with Crippen molar-refractivity contribution in [3.8, 4) is 0 Å². The molecule has 0 aromatic carbocycles. The second-order valence-electron chi connectivity index (χ2n) is 5.52. The van der Waals surface area contributed by atoms with Gasteiger partial charge in [-0.25, -0.2) is 0 Å². The largest absolute Gasteiger partial charge is 0.444 e. The lowest BCUT2D eigenvalue weighted by Crippen LogP contribution is -2.63. The summed E-state index contributed by atoms with van der Waals surface area (Å²) >= 11 is 3.26. The van der Waals surface area contributed by atoms with Gasteiger partial charge in [-0.1, -0.05) is 19.3 Å². The van der Waals surface area contributed by atoms with E-state index in [9.17, 15) is 4.79 Å². The van der Waals surface area contributed by atoms with Gasteiger partial charge in [0, 0.05) is 19.6 Å². The van der Waals surface area contributed by atoms with E-state index in [1.807, 2.05) is 4.90 Å². The Balaban J connectivity index is 1.85. The number of carbonyl (C=O) groups is 1. The average Bonchev–Trinajstić information content (AvgIpc) is 2.86. The van der Waals surface area contributed by atoms with Crippen molar-refractivity contribution in [2.75, 3.05) is 19.6 Å². The van der Waals surface area contributed by atoms with E-state index < -0.39 is 0 Å². The standard InChI is InChI=1S/C14H19BrN2O2/c15-12-5-4-11(19-12)13(18)17-9-8-16-10-14(17)6-2-1-3-7-14/h4-5,16H,1-3,6-10H2. The Kier molecular flexibility index (Phi) is 3.67. The summed E-state index contributed by atoms with van der Waals surface area (Å²) in [4.78, 5) is 14.7. The number of nitrogens with one attached hydrogen (secondary N) is 1. The van der Waals surface area contributed by atoms with E-state index in [0.717, 1.165) is 32.5 Å². The van der Waals surface area contributed by atoms with E-state index >= 15 is 0 Å². The molecule has 1 spiro atoms. The van der Waals surface area contributed by atoms with Gasteiger partial charge in [0.2, 0.25) is 0 Å². The minimum Gasteiger partial charge on any atom is -0.444 e. The number of furan rings is 1. The zero-order valence-corrected chi connectivity index (χ0v) is 12.5. The van der Waals surface area contributed by atoms with Crippen LogP contribution in [0.2, 0.25) is 0 Å². The Bertz CT molecular complexity index is 458. The molecule has 1 aromatic heterocycles. The van der Waals surface area contributed by atoms with Crippen LogP contribution in [-0.4, -0.2) is 36.0 Å².